The largest absolute Gasteiger partial charge is 0.314 e. The Labute approximate surface area is 112 Å². The van der Waals surface area contributed by atoms with Crippen molar-refractivity contribution in [3.8, 4) is 0 Å². The Morgan fingerprint density at radius 3 is 2.44 bits per heavy atom. The van der Waals surface area contributed by atoms with Gasteiger partial charge in [-0.3, -0.25) is 0 Å². The summed E-state index contributed by atoms with van der Waals surface area (Å²) in [6, 6.07) is 10.0. The van der Waals surface area contributed by atoms with E-state index in [1.54, 1.807) is 0 Å². The number of aryl methyl sites for hydroxylation is 1. The van der Waals surface area contributed by atoms with Gasteiger partial charge in [0.2, 0.25) is 0 Å². The van der Waals surface area contributed by atoms with Crippen LogP contribution >= 0.6 is 0 Å². The molecule has 100 valence electrons. The molecular weight excluding hydrogens is 218 g/mol. The van der Waals surface area contributed by atoms with Gasteiger partial charge in [0.15, 0.2) is 0 Å². The van der Waals surface area contributed by atoms with E-state index in [-0.39, 0.29) is 0 Å². The Morgan fingerprint density at radius 1 is 1.11 bits per heavy atom. The smallest absolute Gasteiger partial charge is 0.00702 e. The molecular formula is C17H27N. The first-order chi connectivity index (χ1) is 8.74. The highest BCUT2D eigenvalue weighted by atomic mass is 14.9. The van der Waals surface area contributed by atoms with E-state index in [1.807, 2.05) is 0 Å². The van der Waals surface area contributed by atoms with Crippen molar-refractivity contribution in [2.75, 3.05) is 6.54 Å². The van der Waals surface area contributed by atoms with E-state index in [0.717, 1.165) is 12.0 Å². The zero-order chi connectivity index (χ0) is 12.8. The third-order valence-corrected chi connectivity index (χ3v) is 3.86. The fourth-order valence-corrected chi connectivity index (χ4v) is 2.82. The summed E-state index contributed by atoms with van der Waals surface area (Å²) in [5.74, 6) is 0.752. The van der Waals surface area contributed by atoms with Crippen molar-refractivity contribution >= 4 is 0 Å². The van der Waals surface area contributed by atoms with Crippen molar-refractivity contribution in [2.24, 2.45) is 5.92 Å². The summed E-state index contributed by atoms with van der Waals surface area (Å²) in [6.45, 7) is 5.78. The number of benzene rings is 1. The maximum Gasteiger partial charge on any atom is 0.00702 e. The molecule has 0 spiro atoms. The standard InChI is InChI=1S/C17H27N/c1-14(2)13-16-8-6-15(7-9-16)10-11-17-5-3-4-12-18-17/h6-9,14,17-18H,3-5,10-13H2,1-2H3. The minimum atomic E-state index is 0.752. The van der Waals surface area contributed by atoms with Gasteiger partial charge in [0.25, 0.3) is 0 Å². The van der Waals surface area contributed by atoms with E-state index in [9.17, 15) is 0 Å². The van der Waals surface area contributed by atoms with Crippen molar-refractivity contribution in [1.29, 1.82) is 0 Å². The molecule has 1 heterocycles. The quantitative estimate of drug-likeness (QED) is 0.828. The van der Waals surface area contributed by atoms with E-state index in [0.29, 0.717) is 0 Å². The lowest BCUT2D eigenvalue weighted by Crippen LogP contribution is -2.34. The maximum atomic E-state index is 3.63. The number of hydrogen-bond donors (Lipinski definition) is 1. The van der Waals surface area contributed by atoms with E-state index >= 15 is 0 Å². The molecule has 2 rings (SSSR count). The summed E-state index contributed by atoms with van der Waals surface area (Å²) in [5.41, 5.74) is 2.97. The highest BCUT2D eigenvalue weighted by Crippen LogP contribution is 2.15. The van der Waals surface area contributed by atoms with Gasteiger partial charge in [0.1, 0.15) is 0 Å². The molecule has 0 amide bonds. The van der Waals surface area contributed by atoms with Crippen molar-refractivity contribution in [3.63, 3.8) is 0 Å². The lowest BCUT2D eigenvalue weighted by molar-refractivity contribution is 0.383. The maximum absolute atomic E-state index is 3.63. The van der Waals surface area contributed by atoms with Crippen LogP contribution in [-0.4, -0.2) is 12.6 Å². The van der Waals surface area contributed by atoms with Gasteiger partial charge in [-0.05, 0) is 55.7 Å². The summed E-state index contributed by atoms with van der Waals surface area (Å²) in [7, 11) is 0. The summed E-state index contributed by atoms with van der Waals surface area (Å²) in [5, 5.41) is 3.63. The molecule has 1 aliphatic rings. The topological polar surface area (TPSA) is 12.0 Å². The Bertz CT molecular complexity index is 333. The van der Waals surface area contributed by atoms with Gasteiger partial charge in [-0.15, -0.1) is 0 Å². The van der Waals surface area contributed by atoms with Crippen LogP contribution in [0, 0.1) is 5.92 Å². The van der Waals surface area contributed by atoms with Crippen molar-refractivity contribution in [3.05, 3.63) is 35.4 Å². The fourth-order valence-electron chi connectivity index (χ4n) is 2.82. The first kappa shape index (κ1) is 13.6. The zero-order valence-electron chi connectivity index (χ0n) is 11.9. The van der Waals surface area contributed by atoms with Gasteiger partial charge in [0, 0.05) is 6.04 Å². The van der Waals surface area contributed by atoms with Crippen LogP contribution in [0.3, 0.4) is 0 Å². The molecule has 1 heteroatoms. The lowest BCUT2D eigenvalue weighted by Gasteiger charge is -2.23. The van der Waals surface area contributed by atoms with Crippen LogP contribution in [0.1, 0.15) is 50.7 Å². The second kappa shape index (κ2) is 6.94. The molecule has 1 N–H and O–H groups in total. The summed E-state index contributed by atoms with van der Waals surface area (Å²) < 4.78 is 0. The van der Waals surface area contributed by atoms with Crippen molar-refractivity contribution in [2.45, 2.75) is 58.4 Å². The highest BCUT2D eigenvalue weighted by Gasteiger charge is 2.11. The summed E-state index contributed by atoms with van der Waals surface area (Å²) >= 11 is 0. The molecule has 0 aromatic heterocycles. The van der Waals surface area contributed by atoms with Crippen LogP contribution in [0.15, 0.2) is 24.3 Å². The van der Waals surface area contributed by atoms with Gasteiger partial charge < -0.3 is 5.32 Å². The lowest BCUT2D eigenvalue weighted by atomic mass is 9.96. The molecule has 1 atom stereocenters. The third-order valence-electron chi connectivity index (χ3n) is 3.86. The number of piperidine rings is 1. The van der Waals surface area contributed by atoms with Crippen molar-refractivity contribution in [1.82, 2.24) is 5.32 Å². The minimum absolute atomic E-state index is 0.752. The summed E-state index contributed by atoms with van der Waals surface area (Å²) in [6.07, 6.45) is 7.85. The van der Waals surface area contributed by atoms with Crippen LogP contribution in [0.2, 0.25) is 0 Å². The second-order valence-corrected chi connectivity index (χ2v) is 6.10. The molecule has 0 saturated carbocycles. The monoisotopic (exact) mass is 245 g/mol. The first-order valence-electron chi connectivity index (χ1n) is 7.55. The molecule has 18 heavy (non-hydrogen) atoms. The Hall–Kier alpha value is -0.820. The second-order valence-electron chi connectivity index (χ2n) is 6.10. The average Bonchev–Trinajstić information content (AvgIpc) is 2.38. The van der Waals surface area contributed by atoms with Crippen LogP contribution in [0.25, 0.3) is 0 Å². The van der Waals surface area contributed by atoms with Crippen LogP contribution in [0.4, 0.5) is 0 Å². The van der Waals surface area contributed by atoms with Gasteiger partial charge in [0.05, 0.1) is 0 Å². The number of nitrogens with one attached hydrogen (secondary N) is 1. The predicted octanol–water partition coefficient (Wildman–Crippen LogP) is 3.96. The molecule has 1 saturated heterocycles. The Kier molecular flexibility index (Phi) is 5.25. The summed E-state index contributed by atoms with van der Waals surface area (Å²) in [4.78, 5) is 0. The van der Waals surface area contributed by atoms with Crippen molar-refractivity contribution < 1.29 is 0 Å². The van der Waals surface area contributed by atoms with Gasteiger partial charge in [-0.1, -0.05) is 44.5 Å². The van der Waals surface area contributed by atoms with Gasteiger partial charge >= 0.3 is 0 Å². The molecule has 0 bridgehead atoms. The molecule has 1 aromatic rings. The predicted molar refractivity (Wildman–Crippen MR) is 78.9 cm³/mol. The van der Waals surface area contributed by atoms with Crippen LogP contribution in [-0.2, 0) is 12.8 Å². The molecule has 1 aromatic carbocycles. The Balaban J connectivity index is 1.78. The van der Waals surface area contributed by atoms with E-state index in [1.165, 1.54) is 56.2 Å². The minimum Gasteiger partial charge on any atom is -0.314 e. The molecule has 0 aliphatic carbocycles. The molecule has 1 unspecified atom stereocenters. The number of rotatable bonds is 5. The normalized spacial score (nSPS) is 20.3. The Morgan fingerprint density at radius 2 is 1.83 bits per heavy atom. The molecule has 1 fully saturated rings. The molecule has 0 radical (unpaired) electrons. The fraction of sp³-hybridized carbons (Fsp3) is 0.647. The van der Waals surface area contributed by atoms with Crippen LogP contribution < -0.4 is 5.32 Å². The van der Waals surface area contributed by atoms with E-state index in [2.05, 4.69) is 43.4 Å². The van der Waals surface area contributed by atoms with Crippen LogP contribution in [0.5, 0.6) is 0 Å². The average molecular weight is 245 g/mol. The highest BCUT2D eigenvalue weighted by molar-refractivity contribution is 5.23. The van der Waals surface area contributed by atoms with Gasteiger partial charge in [-0.25, -0.2) is 0 Å². The zero-order valence-corrected chi connectivity index (χ0v) is 11.9. The molecule has 1 aliphatic heterocycles. The van der Waals surface area contributed by atoms with E-state index in [4.69, 9.17) is 0 Å². The SMILES string of the molecule is CC(C)Cc1ccc(CCC2CCCCN2)cc1. The van der Waals surface area contributed by atoms with E-state index < -0.39 is 0 Å². The number of hydrogen-bond acceptors (Lipinski definition) is 1. The van der Waals surface area contributed by atoms with Gasteiger partial charge in [-0.2, -0.15) is 0 Å². The molecule has 1 nitrogen and oxygen atoms in total. The first-order valence-corrected chi connectivity index (χ1v) is 7.55. The third kappa shape index (κ3) is 4.45.